The smallest absolute Gasteiger partial charge is 0.317 e. The average Bonchev–Trinajstić information content (AvgIpc) is 2.70. The average molecular weight is 355 g/mol. The quantitative estimate of drug-likeness (QED) is 0.874. The molecule has 1 aromatic rings. The van der Waals surface area contributed by atoms with Crippen LogP contribution in [0.1, 0.15) is 18.4 Å². The first-order chi connectivity index (χ1) is 12.7. The molecule has 2 aliphatic rings. The van der Waals surface area contributed by atoms with Crippen LogP contribution in [0.4, 0.5) is 4.79 Å². The summed E-state index contributed by atoms with van der Waals surface area (Å²) < 4.78 is 0. The summed E-state index contributed by atoms with van der Waals surface area (Å²) in [5.41, 5.74) is 1.37. The molecule has 0 saturated carbocycles. The van der Waals surface area contributed by atoms with E-state index in [1.165, 1.54) is 5.56 Å². The van der Waals surface area contributed by atoms with Crippen LogP contribution in [-0.4, -0.2) is 73.1 Å². The van der Waals surface area contributed by atoms with Crippen molar-refractivity contribution in [2.75, 3.05) is 52.4 Å². The maximum Gasteiger partial charge on any atom is 0.317 e. The predicted molar refractivity (Wildman–Crippen MR) is 101 cm³/mol. The minimum atomic E-state index is -0.0207. The molecule has 1 N–H and O–H groups in total. The van der Waals surface area contributed by atoms with Gasteiger partial charge in [-0.1, -0.05) is 30.3 Å². The number of likely N-dealkylation sites (tertiary alicyclic amines) is 1. The fourth-order valence-electron chi connectivity index (χ4n) is 3.71. The number of piperazine rings is 1. The van der Waals surface area contributed by atoms with E-state index in [1.54, 1.807) is 4.90 Å². The van der Waals surface area contributed by atoms with Gasteiger partial charge >= 0.3 is 6.03 Å². The number of carbonyl (C=O) groups excluding carboxylic acids is 1. The zero-order valence-corrected chi connectivity index (χ0v) is 15.4. The van der Waals surface area contributed by atoms with Crippen LogP contribution in [0.2, 0.25) is 0 Å². The fourth-order valence-corrected chi connectivity index (χ4v) is 3.71. The van der Waals surface area contributed by atoms with Gasteiger partial charge in [-0.15, -0.1) is 0 Å². The van der Waals surface area contributed by atoms with Crippen molar-refractivity contribution in [1.82, 2.24) is 20.0 Å². The zero-order valence-electron chi connectivity index (χ0n) is 15.4. The lowest BCUT2D eigenvalue weighted by Gasteiger charge is -2.35. The number of nitriles is 1. The third kappa shape index (κ3) is 5.45. The van der Waals surface area contributed by atoms with Crippen molar-refractivity contribution in [3.63, 3.8) is 0 Å². The van der Waals surface area contributed by atoms with Crippen LogP contribution in [0, 0.1) is 17.2 Å². The van der Waals surface area contributed by atoms with Crippen LogP contribution in [-0.2, 0) is 6.54 Å². The molecular weight excluding hydrogens is 326 g/mol. The molecule has 2 aliphatic heterocycles. The van der Waals surface area contributed by atoms with Gasteiger partial charge in [0.05, 0.1) is 12.0 Å². The summed E-state index contributed by atoms with van der Waals surface area (Å²) in [5.74, 6) is -0.00723. The molecule has 1 atom stereocenters. The second-order valence-corrected chi connectivity index (χ2v) is 7.25. The molecule has 2 heterocycles. The van der Waals surface area contributed by atoms with Crippen molar-refractivity contribution in [2.45, 2.75) is 19.4 Å². The van der Waals surface area contributed by atoms with E-state index < -0.39 is 0 Å². The van der Waals surface area contributed by atoms with Crippen molar-refractivity contribution < 1.29 is 4.79 Å². The molecule has 140 valence electrons. The van der Waals surface area contributed by atoms with Crippen molar-refractivity contribution in [3.05, 3.63) is 35.9 Å². The molecule has 0 radical (unpaired) electrons. The van der Waals surface area contributed by atoms with Gasteiger partial charge in [-0.2, -0.15) is 5.26 Å². The van der Waals surface area contributed by atoms with E-state index in [0.29, 0.717) is 13.1 Å². The van der Waals surface area contributed by atoms with E-state index in [0.717, 1.165) is 58.7 Å². The molecule has 6 nitrogen and oxygen atoms in total. The van der Waals surface area contributed by atoms with Crippen LogP contribution >= 0.6 is 0 Å². The van der Waals surface area contributed by atoms with Crippen LogP contribution < -0.4 is 5.32 Å². The molecule has 0 unspecified atom stereocenters. The molecule has 0 aromatic heterocycles. The molecule has 2 fully saturated rings. The van der Waals surface area contributed by atoms with E-state index in [1.807, 2.05) is 0 Å². The number of carbonyl (C=O) groups is 1. The highest BCUT2D eigenvalue weighted by Gasteiger charge is 2.23. The maximum absolute atomic E-state index is 12.2. The summed E-state index contributed by atoms with van der Waals surface area (Å²) >= 11 is 0. The van der Waals surface area contributed by atoms with Gasteiger partial charge in [0.25, 0.3) is 0 Å². The number of amides is 2. The Bertz CT molecular complexity index is 606. The van der Waals surface area contributed by atoms with Gasteiger partial charge < -0.3 is 10.2 Å². The van der Waals surface area contributed by atoms with E-state index in [2.05, 4.69) is 51.5 Å². The Hall–Kier alpha value is -2.10. The number of nitrogens with zero attached hydrogens (tertiary/aromatic N) is 4. The minimum Gasteiger partial charge on any atom is -0.337 e. The molecule has 0 bridgehead atoms. The highest BCUT2D eigenvalue weighted by atomic mass is 16.2. The molecule has 2 saturated heterocycles. The third-order valence-corrected chi connectivity index (χ3v) is 5.31. The first-order valence-corrected chi connectivity index (χ1v) is 9.65. The van der Waals surface area contributed by atoms with Crippen molar-refractivity contribution >= 4 is 6.03 Å². The van der Waals surface area contributed by atoms with Crippen molar-refractivity contribution in [2.24, 2.45) is 5.92 Å². The molecule has 0 aliphatic carbocycles. The number of rotatable bonds is 5. The monoisotopic (exact) mass is 355 g/mol. The first kappa shape index (κ1) is 18.7. The summed E-state index contributed by atoms with van der Waals surface area (Å²) in [6.07, 6.45) is 1.84. The largest absolute Gasteiger partial charge is 0.337 e. The van der Waals surface area contributed by atoms with Crippen molar-refractivity contribution in [3.8, 4) is 6.07 Å². The summed E-state index contributed by atoms with van der Waals surface area (Å²) in [7, 11) is 0. The summed E-state index contributed by atoms with van der Waals surface area (Å²) in [5, 5.41) is 12.0. The fraction of sp³-hybridized carbons (Fsp3) is 0.600. The van der Waals surface area contributed by atoms with Gasteiger partial charge in [0, 0.05) is 58.9 Å². The van der Waals surface area contributed by atoms with E-state index in [-0.39, 0.29) is 11.9 Å². The second kappa shape index (κ2) is 9.56. The second-order valence-electron chi connectivity index (χ2n) is 7.25. The zero-order chi connectivity index (χ0) is 18.2. The third-order valence-electron chi connectivity index (χ3n) is 5.31. The molecule has 3 rings (SSSR count). The Morgan fingerprint density at radius 2 is 1.85 bits per heavy atom. The number of hydrogen-bond donors (Lipinski definition) is 1. The first-order valence-electron chi connectivity index (χ1n) is 9.65. The van der Waals surface area contributed by atoms with Gasteiger partial charge in [0.1, 0.15) is 0 Å². The number of piperidine rings is 1. The Kier molecular flexibility index (Phi) is 6.87. The molecule has 2 amide bonds. The molecule has 1 aromatic carbocycles. The van der Waals surface area contributed by atoms with Gasteiger partial charge in [0.2, 0.25) is 0 Å². The van der Waals surface area contributed by atoms with Crippen LogP contribution in [0.5, 0.6) is 0 Å². The van der Waals surface area contributed by atoms with Crippen LogP contribution in [0.15, 0.2) is 30.3 Å². The summed E-state index contributed by atoms with van der Waals surface area (Å²) in [4.78, 5) is 18.9. The molecular formula is C20H29N5O. The Balaban J connectivity index is 1.31. The molecule has 26 heavy (non-hydrogen) atoms. The highest BCUT2D eigenvalue weighted by Crippen LogP contribution is 2.15. The van der Waals surface area contributed by atoms with E-state index >= 15 is 0 Å². The Morgan fingerprint density at radius 1 is 1.12 bits per heavy atom. The van der Waals surface area contributed by atoms with Gasteiger partial charge in [-0.05, 0) is 18.4 Å². The summed E-state index contributed by atoms with van der Waals surface area (Å²) in [6, 6.07) is 12.9. The van der Waals surface area contributed by atoms with Gasteiger partial charge in [0.15, 0.2) is 0 Å². The van der Waals surface area contributed by atoms with E-state index in [4.69, 9.17) is 5.26 Å². The molecule has 0 spiro atoms. The lowest BCUT2D eigenvalue weighted by atomic mass is 10.0. The van der Waals surface area contributed by atoms with Crippen molar-refractivity contribution in [1.29, 1.82) is 5.26 Å². The summed E-state index contributed by atoms with van der Waals surface area (Å²) in [6.45, 7) is 8.14. The lowest BCUT2D eigenvalue weighted by molar-refractivity contribution is 0.126. The number of benzene rings is 1. The highest BCUT2D eigenvalue weighted by molar-refractivity contribution is 5.74. The molecule has 6 heteroatoms. The minimum absolute atomic E-state index is 0.00723. The Morgan fingerprint density at radius 3 is 2.58 bits per heavy atom. The van der Waals surface area contributed by atoms with Gasteiger partial charge in [-0.25, -0.2) is 4.79 Å². The topological polar surface area (TPSA) is 62.6 Å². The maximum atomic E-state index is 12.2. The predicted octanol–water partition coefficient (Wildman–Crippen LogP) is 1.75. The van der Waals surface area contributed by atoms with Crippen LogP contribution in [0.3, 0.4) is 0 Å². The SMILES string of the molecule is N#C[C@H]1CCCN(C(=O)NCCN2CCN(Cc3ccccc3)CC2)C1. The van der Waals surface area contributed by atoms with Gasteiger partial charge in [-0.3, -0.25) is 9.80 Å². The number of urea groups is 1. The van der Waals surface area contributed by atoms with Crippen LogP contribution in [0.25, 0.3) is 0 Å². The van der Waals surface area contributed by atoms with E-state index in [9.17, 15) is 4.79 Å². The lowest BCUT2D eigenvalue weighted by Crippen LogP contribution is -2.50. The Labute approximate surface area is 156 Å². The standard InChI is InChI=1S/C20H29N5O/c21-15-19-7-4-9-25(17-19)20(26)22-8-10-23-11-13-24(14-12-23)16-18-5-2-1-3-6-18/h1-3,5-6,19H,4,7-14,16-17H2,(H,22,26)/t19-/m1/s1. The number of nitrogens with one attached hydrogen (secondary N) is 1. The number of hydrogen-bond acceptors (Lipinski definition) is 4. The normalized spacial score (nSPS) is 22.0.